The minimum absolute atomic E-state index is 0.0544. The van der Waals surface area contributed by atoms with Gasteiger partial charge >= 0.3 is 13.8 Å². The smallest absolute Gasteiger partial charge is 0.418 e. The summed E-state index contributed by atoms with van der Waals surface area (Å²) < 4.78 is 45.7. The van der Waals surface area contributed by atoms with Gasteiger partial charge in [-0.25, -0.2) is 0 Å². The van der Waals surface area contributed by atoms with Crippen LogP contribution in [0.3, 0.4) is 0 Å². The highest BCUT2D eigenvalue weighted by molar-refractivity contribution is 9.10. The Hall–Kier alpha value is -0.725. The molecule has 2 aliphatic rings. The van der Waals surface area contributed by atoms with Crippen LogP contribution in [0.25, 0.3) is 0 Å². The molecule has 1 saturated heterocycles. The number of piperidine rings is 1. The Balaban J connectivity index is 2.04. The average molecular weight is 376 g/mol. The van der Waals surface area contributed by atoms with Gasteiger partial charge in [0.25, 0.3) is 0 Å². The SMILES string of the molecule is CO[B]N1CC[C@H]2[C@@H](C1)c1cc(Br)cc(C(F)(F)F)c1N2C. The van der Waals surface area contributed by atoms with Crippen molar-refractivity contribution in [2.75, 3.05) is 32.1 Å². The van der Waals surface area contributed by atoms with Crippen LogP contribution in [0.15, 0.2) is 16.6 Å². The fourth-order valence-corrected chi connectivity index (χ4v) is 4.13. The summed E-state index contributed by atoms with van der Waals surface area (Å²) in [6.07, 6.45) is -3.54. The molecule has 3 rings (SSSR count). The summed E-state index contributed by atoms with van der Waals surface area (Å²) in [6, 6.07) is 3.10. The zero-order valence-electron chi connectivity index (χ0n) is 12.3. The van der Waals surface area contributed by atoms with Crippen molar-refractivity contribution in [3.05, 3.63) is 27.7 Å². The molecule has 0 spiro atoms. The van der Waals surface area contributed by atoms with Crippen molar-refractivity contribution in [1.82, 2.24) is 4.81 Å². The molecule has 2 heterocycles. The molecular weight excluding hydrogens is 360 g/mol. The number of halogens is 4. The van der Waals surface area contributed by atoms with Crippen LogP contribution in [0.4, 0.5) is 18.9 Å². The molecule has 2 aliphatic heterocycles. The van der Waals surface area contributed by atoms with Gasteiger partial charge in [-0.1, -0.05) is 15.9 Å². The van der Waals surface area contributed by atoms with E-state index in [0.29, 0.717) is 16.7 Å². The maximum atomic E-state index is 13.4. The van der Waals surface area contributed by atoms with Crippen LogP contribution >= 0.6 is 15.9 Å². The minimum Gasteiger partial charge on any atom is -0.427 e. The van der Waals surface area contributed by atoms with Crippen molar-refractivity contribution in [1.29, 1.82) is 0 Å². The first-order valence-corrected chi connectivity index (χ1v) is 7.86. The lowest BCUT2D eigenvalue weighted by molar-refractivity contribution is -0.137. The molecule has 0 saturated carbocycles. The predicted octanol–water partition coefficient (Wildman–Crippen LogP) is 3.26. The van der Waals surface area contributed by atoms with E-state index in [4.69, 9.17) is 4.65 Å². The number of alkyl halides is 3. The Labute approximate surface area is 136 Å². The van der Waals surface area contributed by atoms with Crippen LogP contribution in [0.2, 0.25) is 0 Å². The molecule has 119 valence electrons. The van der Waals surface area contributed by atoms with E-state index in [1.54, 1.807) is 26.7 Å². The molecule has 1 aromatic rings. The Kier molecular flexibility index (Phi) is 4.20. The molecule has 22 heavy (non-hydrogen) atoms. The zero-order valence-corrected chi connectivity index (χ0v) is 13.9. The third kappa shape index (κ3) is 2.65. The van der Waals surface area contributed by atoms with Crippen LogP contribution in [0.1, 0.15) is 23.5 Å². The number of hydrogen-bond donors (Lipinski definition) is 0. The van der Waals surface area contributed by atoms with Crippen LogP contribution in [-0.4, -0.2) is 45.7 Å². The first-order chi connectivity index (χ1) is 10.3. The van der Waals surface area contributed by atoms with E-state index in [1.807, 2.05) is 10.9 Å². The van der Waals surface area contributed by atoms with Crippen LogP contribution in [-0.2, 0) is 10.8 Å². The molecule has 1 fully saturated rings. The molecule has 2 atom stereocenters. The summed E-state index contributed by atoms with van der Waals surface area (Å²) in [5.74, 6) is 0.0544. The van der Waals surface area contributed by atoms with Gasteiger partial charge in [0.05, 0.1) is 11.3 Å². The number of benzene rings is 1. The fraction of sp³-hybridized carbons (Fsp3) is 0.571. The van der Waals surface area contributed by atoms with Gasteiger partial charge in [0, 0.05) is 30.6 Å². The Bertz CT molecular complexity index is 584. The van der Waals surface area contributed by atoms with Crippen molar-refractivity contribution in [2.24, 2.45) is 0 Å². The summed E-state index contributed by atoms with van der Waals surface area (Å²) in [7, 11) is 5.00. The van der Waals surface area contributed by atoms with Crippen LogP contribution < -0.4 is 4.90 Å². The highest BCUT2D eigenvalue weighted by Gasteiger charge is 2.46. The zero-order chi connectivity index (χ0) is 16.1. The molecule has 8 heteroatoms. The Morgan fingerprint density at radius 2 is 2.09 bits per heavy atom. The highest BCUT2D eigenvalue weighted by Crippen LogP contribution is 2.50. The molecule has 0 aromatic heterocycles. The first kappa shape index (κ1) is 16.1. The van der Waals surface area contributed by atoms with Gasteiger partial charge in [0.15, 0.2) is 0 Å². The highest BCUT2D eigenvalue weighted by atomic mass is 79.9. The monoisotopic (exact) mass is 375 g/mol. The third-order valence-electron chi connectivity index (χ3n) is 4.52. The Morgan fingerprint density at radius 3 is 2.73 bits per heavy atom. The average Bonchev–Trinajstić information content (AvgIpc) is 2.70. The summed E-state index contributed by atoms with van der Waals surface area (Å²) in [5, 5.41) is 0. The molecule has 1 aromatic carbocycles. The summed E-state index contributed by atoms with van der Waals surface area (Å²) in [5.41, 5.74) is 0.532. The minimum atomic E-state index is -4.35. The van der Waals surface area contributed by atoms with Gasteiger partial charge in [0.2, 0.25) is 0 Å². The quantitative estimate of drug-likeness (QED) is 0.738. The van der Waals surface area contributed by atoms with Crippen molar-refractivity contribution >= 4 is 29.2 Å². The maximum absolute atomic E-state index is 13.4. The van der Waals surface area contributed by atoms with Crippen molar-refractivity contribution in [2.45, 2.75) is 24.6 Å². The first-order valence-electron chi connectivity index (χ1n) is 7.06. The second-order valence-electron chi connectivity index (χ2n) is 5.80. The van der Waals surface area contributed by atoms with E-state index in [2.05, 4.69) is 15.9 Å². The lowest BCUT2D eigenvalue weighted by Crippen LogP contribution is -2.46. The van der Waals surface area contributed by atoms with E-state index in [0.717, 1.165) is 18.5 Å². The van der Waals surface area contributed by atoms with Crippen molar-refractivity contribution < 1.29 is 17.8 Å². The third-order valence-corrected chi connectivity index (χ3v) is 4.98. The summed E-state index contributed by atoms with van der Waals surface area (Å²) >= 11 is 3.23. The molecule has 1 radical (unpaired) electrons. The molecule has 0 bridgehead atoms. The van der Waals surface area contributed by atoms with E-state index in [-0.39, 0.29) is 12.0 Å². The number of likely N-dealkylation sites (N-methyl/N-ethyl adjacent to an activating group) is 1. The van der Waals surface area contributed by atoms with E-state index < -0.39 is 11.7 Å². The molecule has 3 nitrogen and oxygen atoms in total. The summed E-state index contributed by atoms with van der Waals surface area (Å²) in [4.78, 5) is 3.83. The number of fused-ring (bicyclic) bond motifs is 3. The Morgan fingerprint density at radius 1 is 1.36 bits per heavy atom. The molecule has 0 aliphatic carbocycles. The van der Waals surface area contributed by atoms with Gasteiger partial charge in [-0.2, -0.15) is 13.2 Å². The van der Waals surface area contributed by atoms with Crippen molar-refractivity contribution in [3.8, 4) is 0 Å². The lowest BCUT2D eigenvalue weighted by Gasteiger charge is -2.37. The normalized spacial score (nSPS) is 25.1. The standard InChI is InChI=1S/C14H16BBrF3N2O/c1-20-12-3-4-21(15-22-2)7-10(12)9-5-8(16)6-11(13(9)20)14(17,18)19/h5-6,10,12H,3-4,7H2,1-2H3/t10-,12-/m0/s1. The molecule has 0 unspecified atom stereocenters. The summed E-state index contributed by atoms with van der Waals surface area (Å²) in [6.45, 7) is 1.46. The van der Waals surface area contributed by atoms with Gasteiger partial charge in [0.1, 0.15) is 0 Å². The maximum Gasteiger partial charge on any atom is 0.418 e. The van der Waals surface area contributed by atoms with Gasteiger partial charge < -0.3 is 14.4 Å². The number of hydrogen-bond acceptors (Lipinski definition) is 3. The van der Waals surface area contributed by atoms with E-state index in [1.165, 1.54) is 6.07 Å². The van der Waals surface area contributed by atoms with Gasteiger partial charge in [-0.05, 0) is 37.2 Å². The van der Waals surface area contributed by atoms with E-state index >= 15 is 0 Å². The largest absolute Gasteiger partial charge is 0.427 e. The van der Waals surface area contributed by atoms with Crippen molar-refractivity contribution in [3.63, 3.8) is 0 Å². The second-order valence-corrected chi connectivity index (χ2v) is 6.71. The van der Waals surface area contributed by atoms with Gasteiger partial charge in [-0.15, -0.1) is 0 Å². The number of rotatable bonds is 2. The second kappa shape index (κ2) is 5.72. The lowest BCUT2D eigenvalue weighted by atomic mass is 9.86. The fourth-order valence-electron chi connectivity index (χ4n) is 3.66. The molecule has 0 N–H and O–H groups in total. The topological polar surface area (TPSA) is 15.7 Å². The molecular formula is C14H16BBrF3N2O. The predicted molar refractivity (Wildman–Crippen MR) is 83.0 cm³/mol. The van der Waals surface area contributed by atoms with Gasteiger partial charge in [-0.3, -0.25) is 0 Å². The van der Waals surface area contributed by atoms with E-state index in [9.17, 15) is 13.2 Å². The molecule has 0 amide bonds. The number of nitrogens with zero attached hydrogens (tertiary/aromatic N) is 2. The number of anilines is 1. The van der Waals surface area contributed by atoms with Crippen LogP contribution in [0.5, 0.6) is 0 Å². The van der Waals surface area contributed by atoms with Crippen LogP contribution in [0, 0.1) is 0 Å².